The van der Waals surface area contributed by atoms with Crippen LogP contribution in [0.1, 0.15) is 4.88 Å². The highest BCUT2D eigenvalue weighted by Gasteiger charge is 1.90. The molecule has 9 heavy (non-hydrogen) atoms. The van der Waals surface area contributed by atoms with E-state index in [1.807, 2.05) is 20.2 Å². The summed E-state index contributed by atoms with van der Waals surface area (Å²) in [6, 6.07) is 0. The van der Waals surface area contributed by atoms with Crippen LogP contribution in [0.2, 0.25) is 0 Å². The zero-order valence-corrected chi connectivity index (χ0v) is 6.97. The van der Waals surface area contributed by atoms with E-state index in [0.29, 0.717) is 0 Å². The number of nitrogens with one attached hydrogen (secondary N) is 1. The summed E-state index contributed by atoms with van der Waals surface area (Å²) in [6.45, 7) is 2.04. The van der Waals surface area contributed by atoms with Gasteiger partial charge >= 0.3 is 0 Å². The van der Waals surface area contributed by atoms with E-state index < -0.39 is 0 Å². The summed E-state index contributed by atoms with van der Waals surface area (Å²) in [5.41, 5.74) is 0. The van der Waals surface area contributed by atoms with Crippen molar-refractivity contribution in [1.82, 2.24) is 4.98 Å². The Labute approximate surface area is 64.7 Å². The van der Waals surface area contributed by atoms with Crippen LogP contribution in [0.5, 0.6) is 0 Å². The first-order chi connectivity index (χ1) is 3.83. The fourth-order valence-electron chi connectivity index (χ4n) is 0.470. The van der Waals surface area contributed by atoms with Crippen molar-refractivity contribution in [1.29, 1.82) is 0 Å². The Morgan fingerprint density at radius 2 is 2.33 bits per heavy atom. The summed E-state index contributed by atoms with van der Waals surface area (Å²) >= 11 is 1.67. The lowest BCUT2D eigenvalue weighted by Gasteiger charge is -1.84. The van der Waals surface area contributed by atoms with E-state index in [2.05, 4.69) is 10.3 Å². The normalized spacial score (nSPS) is 8.22. The monoisotopic (exact) mass is 164 g/mol. The van der Waals surface area contributed by atoms with Crippen molar-refractivity contribution in [3.05, 3.63) is 11.1 Å². The first-order valence-corrected chi connectivity index (χ1v) is 3.25. The first-order valence-electron chi connectivity index (χ1n) is 2.43. The number of hydrogen-bond acceptors (Lipinski definition) is 3. The van der Waals surface area contributed by atoms with Gasteiger partial charge in [0.1, 0.15) is 0 Å². The smallest absolute Gasteiger partial charge is 0.182 e. The molecule has 0 aliphatic carbocycles. The molecule has 1 heterocycles. The van der Waals surface area contributed by atoms with Gasteiger partial charge in [-0.3, -0.25) is 0 Å². The van der Waals surface area contributed by atoms with Gasteiger partial charge in [0.2, 0.25) is 0 Å². The van der Waals surface area contributed by atoms with E-state index in [1.54, 1.807) is 11.3 Å². The Balaban J connectivity index is 0.000000640. The fourth-order valence-corrected chi connectivity index (χ4v) is 1.09. The van der Waals surface area contributed by atoms with Crippen LogP contribution in [-0.2, 0) is 0 Å². The molecule has 0 fully saturated rings. The van der Waals surface area contributed by atoms with Crippen molar-refractivity contribution in [2.45, 2.75) is 6.92 Å². The summed E-state index contributed by atoms with van der Waals surface area (Å²) < 4.78 is 0. The van der Waals surface area contributed by atoms with E-state index in [1.165, 1.54) is 4.88 Å². The van der Waals surface area contributed by atoms with E-state index in [-0.39, 0.29) is 12.4 Å². The number of rotatable bonds is 1. The van der Waals surface area contributed by atoms with Crippen LogP contribution in [0.25, 0.3) is 0 Å². The second-order valence-electron chi connectivity index (χ2n) is 1.53. The van der Waals surface area contributed by atoms with E-state index in [0.717, 1.165) is 5.13 Å². The molecule has 4 heteroatoms. The molecule has 0 saturated heterocycles. The van der Waals surface area contributed by atoms with Crippen molar-refractivity contribution in [2.24, 2.45) is 0 Å². The van der Waals surface area contributed by atoms with Crippen molar-refractivity contribution >= 4 is 28.9 Å². The van der Waals surface area contributed by atoms with Gasteiger partial charge in [-0.25, -0.2) is 4.98 Å². The Bertz CT molecular complexity index is 175. The Morgan fingerprint density at radius 1 is 1.67 bits per heavy atom. The highest BCUT2D eigenvalue weighted by molar-refractivity contribution is 7.15. The van der Waals surface area contributed by atoms with Crippen molar-refractivity contribution in [3.8, 4) is 0 Å². The second-order valence-corrected chi connectivity index (χ2v) is 2.76. The number of aromatic nitrogens is 1. The molecular weight excluding hydrogens is 156 g/mol. The standard InChI is InChI=1S/C5H8N2S.ClH/c1-4-3-7-5(6-2)8-4;/h3H,1-2H3,(H,6,7);1H. The molecule has 0 aliphatic rings. The van der Waals surface area contributed by atoms with Gasteiger partial charge < -0.3 is 5.32 Å². The Hall–Kier alpha value is -0.280. The third-order valence-electron chi connectivity index (χ3n) is 0.835. The minimum atomic E-state index is 0. The van der Waals surface area contributed by atoms with Crippen LogP contribution in [0.4, 0.5) is 5.13 Å². The highest BCUT2D eigenvalue weighted by Crippen LogP contribution is 2.14. The molecule has 0 spiro atoms. The maximum atomic E-state index is 4.04. The van der Waals surface area contributed by atoms with Gasteiger partial charge in [-0.2, -0.15) is 0 Å². The molecule has 1 N–H and O–H groups in total. The number of aryl methyl sites for hydroxylation is 1. The summed E-state index contributed by atoms with van der Waals surface area (Å²) in [7, 11) is 1.87. The number of nitrogens with zero attached hydrogens (tertiary/aromatic N) is 1. The minimum Gasteiger partial charge on any atom is -0.365 e. The topological polar surface area (TPSA) is 24.9 Å². The van der Waals surface area contributed by atoms with Gasteiger partial charge in [0.05, 0.1) is 0 Å². The quantitative estimate of drug-likeness (QED) is 0.686. The zero-order valence-electron chi connectivity index (χ0n) is 5.34. The summed E-state index contributed by atoms with van der Waals surface area (Å²) in [5.74, 6) is 0. The number of halogens is 1. The summed E-state index contributed by atoms with van der Waals surface area (Å²) in [5, 5.41) is 3.94. The second kappa shape index (κ2) is 3.69. The molecule has 0 atom stereocenters. The fraction of sp³-hybridized carbons (Fsp3) is 0.400. The van der Waals surface area contributed by atoms with Gasteiger partial charge in [0.25, 0.3) is 0 Å². The van der Waals surface area contributed by atoms with Gasteiger partial charge in [-0.05, 0) is 6.92 Å². The Kier molecular flexibility index (Phi) is 3.58. The SMILES string of the molecule is CNc1ncc(C)s1.Cl. The molecule has 1 rings (SSSR count). The van der Waals surface area contributed by atoms with Crippen molar-refractivity contribution < 1.29 is 0 Å². The zero-order chi connectivity index (χ0) is 5.98. The minimum absolute atomic E-state index is 0. The molecule has 2 nitrogen and oxygen atoms in total. The molecule has 1 aromatic rings. The van der Waals surface area contributed by atoms with Crippen molar-refractivity contribution in [2.75, 3.05) is 12.4 Å². The molecule has 0 aromatic carbocycles. The molecule has 0 unspecified atom stereocenters. The summed E-state index contributed by atoms with van der Waals surface area (Å²) in [6.07, 6.45) is 1.86. The van der Waals surface area contributed by atoms with Crippen LogP contribution in [0.15, 0.2) is 6.20 Å². The van der Waals surface area contributed by atoms with Crippen LogP contribution in [0, 0.1) is 6.92 Å². The van der Waals surface area contributed by atoms with Crippen LogP contribution >= 0.6 is 23.7 Å². The molecule has 0 amide bonds. The lowest BCUT2D eigenvalue weighted by Crippen LogP contribution is -1.83. The molecule has 0 bridgehead atoms. The molecular formula is C5H9ClN2S. The number of hydrogen-bond donors (Lipinski definition) is 1. The lowest BCUT2D eigenvalue weighted by molar-refractivity contribution is 1.35. The van der Waals surface area contributed by atoms with E-state index in [4.69, 9.17) is 0 Å². The maximum absolute atomic E-state index is 4.04. The largest absolute Gasteiger partial charge is 0.365 e. The predicted octanol–water partition coefficient (Wildman–Crippen LogP) is 1.92. The van der Waals surface area contributed by atoms with Gasteiger partial charge in [0, 0.05) is 18.1 Å². The van der Waals surface area contributed by atoms with Crippen LogP contribution in [-0.4, -0.2) is 12.0 Å². The lowest BCUT2D eigenvalue weighted by atomic mass is 10.7. The summed E-state index contributed by atoms with van der Waals surface area (Å²) in [4.78, 5) is 5.29. The predicted molar refractivity (Wildman–Crippen MR) is 43.6 cm³/mol. The average molecular weight is 165 g/mol. The molecule has 0 aliphatic heterocycles. The van der Waals surface area contributed by atoms with Gasteiger partial charge in [-0.1, -0.05) is 0 Å². The molecule has 0 saturated carbocycles. The molecule has 1 aromatic heterocycles. The third kappa shape index (κ3) is 2.20. The Morgan fingerprint density at radius 3 is 2.56 bits per heavy atom. The maximum Gasteiger partial charge on any atom is 0.182 e. The van der Waals surface area contributed by atoms with Gasteiger partial charge in [-0.15, -0.1) is 23.7 Å². The molecule has 0 radical (unpaired) electrons. The third-order valence-corrected chi connectivity index (χ3v) is 1.77. The van der Waals surface area contributed by atoms with E-state index >= 15 is 0 Å². The van der Waals surface area contributed by atoms with Crippen molar-refractivity contribution in [3.63, 3.8) is 0 Å². The average Bonchev–Trinajstić information content (AvgIpc) is 2.14. The van der Waals surface area contributed by atoms with Crippen LogP contribution < -0.4 is 5.32 Å². The molecule has 52 valence electrons. The highest BCUT2D eigenvalue weighted by atomic mass is 35.5. The first kappa shape index (κ1) is 8.72. The van der Waals surface area contributed by atoms with Gasteiger partial charge in [0.15, 0.2) is 5.13 Å². The number of anilines is 1. The van der Waals surface area contributed by atoms with E-state index in [9.17, 15) is 0 Å². The van der Waals surface area contributed by atoms with Crippen LogP contribution in [0.3, 0.4) is 0 Å². The number of thiazole rings is 1.